The topological polar surface area (TPSA) is 106 Å². The second kappa shape index (κ2) is 8.53. The zero-order valence-electron chi connectivity index (χ0n) is 16.4. The van der Waals surface area contributed by atoms with E-state index in [1.54, 1.807) is 18.3 Å². The molecule has 0 radical (unpaired) electrons. The zero-order chi connectivity index (χ0) is 20.1. The number of anilines is 2. The van der Waals surface area contributed by atoms with Crippen LogP contribution >= 0.6 is 0 Å². The van der Waals surface area contributed by atoms with Gasteiger partial charge in [-0.2, -0.15) is 5.11 Å². The first-order valence-electron chi connectivity index (χ1n) is 10.1. The lowest BCUT2D eigenvalue weighted by molar-refractivity contribution is 0.0166. The van der Waals surface area contributed by atoms with Gasteiger partial charge in [0.2, 0.25) is 0 Å². The first-order valence-corrected chi connectivity index (χ1v) is 10.1. The van der Waals surface area contributed by atoms with E-state index in [2.05, 4.69) is 31.8 Å². The average molecular weight is 390 g/mol. The summed E-state index contributed by atoms with van der Waals surface area (Å²) in [5, 5.41) is 21.9. The van der Waals surface area contributed by atoms with Crippen molar-refractivity contribution in [2.75, 3.05) is 17.2 Å². The third kappa shape index (κ3) is 4.68. The average Bonchev–Trinajstić information content (AvgIpc) is 2.77. The maximum atomic E-state index is 10.7. The Bertz CT molecular complexity index is 1000. The van der Waals surface area contributed by atoms with Crippen molar-refractivity contribution < 1.29 is 5.11 Å². The summed E-state index contributed by atoms with van der Waals surface area (Å²) in [4.78, 5) is 8.92. The van der Waals surface area contributed by atoms with E-state index in [1.165, 1.54) is 6.42 Å². The van der Waals surface area contributed by atoms with E-state index in [9.17, 15) is 5.11 Å². The lowest BCUT2D eigenvalue weighted by Crippen LogP contribution is -2.38. The number of nitrogens with zero attached hydrogens (tertiary/aromatic N) is 3. The van der Waals surface area contributed by atoms with E-state index in [0.29, 0.717) is 30.4 Å². The summed E-state index contributed by atoms with van der Waals surface area (Å²) >= 11 is 0. The Morgan fingerprint density at radius 3 is 2.76 bits per heavy atom. The van der Waals surface area contributed by atoms with Crippen LogP contribution in [0.3, 0.4) is 0 Å². The van der Waals surface area contributed by atoms with Gasteiger partial charge in [0.1, 0.15) is 11.5 Å². The Labute approximate surface area is 170 Å². The molecule has 1 aliphatic rings. The summed E-state index contributed by atoms with van der Waals surface area (Å²) in [7, 11) is 0. The molecule has 1 saturated carbocycles. The fraction of sp³-hybridized carbons (Fsp3) is 0.364. The third-order valence-electron chi connectivity index (χ3n) is 5.50. The van der Waals surface area contributed by atoms with Crippen molar-refractivity contribution in [1.82, 2.24) is 9.97 Å². The number of aromatic nitrogens is 2. The number of aliphatic hydroxyl groups is 1. The van der Waals surface area contributed by atoms with Crippen LogP contribution in [0.15, 0.2) is 53.8 Å². The Morgan fingerprint density at radius 1 is 1.07 bits per heavy atom. The fourth-order valence-corrected chi connectivity index (χ4v) is 3.83. The van der Waals surface area contributed by atoms with Crippen LogP contribution in [0, 0.1) is 5.53 Å². The van der Waals surface area contributed by atoms with Crippen molar-refractivity contribution in [3.05, 3.63) is 54.2 Å². The summed E-state index contributed by atoms with van der Waals surface area (Å²) in [5.74, 6) is 1.22. The number of hydrogen-bond acceptors (Lipinski definition) is 7. The molecule has 0 aliphatic heterocycles. The van der Waals surface area contributed by atoms with Gasteiger partial charge in [-0.25, -0.2) is 10.5 Å². The minimum atomic E-state index is -0.662. The summed E-state index contributed by atoms with van der Waals surface area (Å²) in [6, 6.07) is 13.6. The largest absolute Gasteiger partial charge is 0.388 e. The first-order chi connectivity index (χ1) is 14.1. The van der Waals surface area contributed by atoms with Crippen molar-refractivity contribution in [1.29, 1.82) is 5.53 Å². The van der Waals surface area contributed by atoms with Crippen LogP contribution in [-0.4, -0.2) is 27.2 Å². The number of nitrogens with one attached hydrogen (secondary N) is 3. The number of fused-ring (bicyclic) bond motifs is 1. The summed E-state index contributed by atoms with van der Waals surface area (Å²) in [5.41, 5.74) is 9.29. The highest BCUT2D eigenvalue weighted by Gasteiger charge is 2.28. The van der Waals surface area contributed by atoms with Crippen LogP contribution < -0.4 is 10.6 Å². The second-order valence-electron chi connectivity index (χ2n) is 7.70. The molecule has 3 aromatic rings. The van der Waals surface area contributed by atoms with Gasteiger partial charge in [0.15, 0.2) is 5.82 Å². The van der Waals surface area contributed by atoms with Gasteiger partial charge < -0.3 is 15.7 Å². The molecule has 1 aliphatic carbocycles. The molecule has 0 unspecified atom stereocenters. The molecular weight excluding hydrogens is 364 g/mol. The molecule has 0 atom stereocenters. The van der Waals surface area contributed by atoms with E-state index in [4.69, 9.17) is 5.53 Å². The van der Waals surface area contributed by atoms with Crippen LogP contribution in [0.5, 0.6) is 0 Å². The lowest BCUT2D eigenvalue weighted by atomic mass is 9.85. The van der Waals surface area contributed by atoms with Gasteiger partial charge in [-0.1, -0.05) is 31.4 Å². The van der Waals surface area contributed by atoms with Gasteiger partial charge in [0.05, 0.1) is 11.1 Å². The van der Waals surface area contributed by atoms with Crippen molar-refractivity contribution in [2.24, 2.45) is 5.11 Å². The molecule has 1 fully saturated rings. The molecule has 7 heteroatoms. The Morgan fingerprint density at radius 2 is 1.93 bits per heavy atom. The first kappa shape index (κ1) is 19.3. The molecule has 4 rings (SSSR count). The number of hydrogen-bond donors (Lipinski definition) is 4. The number of rotatable bonds is 7. The van der Waals surface area contributed by atoms with Crippen molar-refractivity contribution >= 4 is 28.2 Å². The molecule has 0 bridgehead atoms. The molecule has 29 heavy (non-hydrogen) atoms. The summed E-state index contributed by atoms with van der Waals surface area (Å²) in [6.45, 7) is 1.04. The highest BCUT2D eigenvalue weighted by molar-refractivity contribution is 5.79. The van der Waals surface area contributed by atoms with Crippen molar-refractivity contribution in [3.8, 4) is 0 Å². The maximum Gasteiger partial charge on any atom is 0.156 e. The standard InChI is InChI=1S/C22H26N6O/c23-28-19-8-9-20(26-15-22(29)10-2-1-3-11-22)27-21(19)25-14-16-6-7-18-17(13-16)5-4-12-24-18/h4-9,12-13,23,29H,1-3,10-11,14-15H2,(H2,25,26,27). The molecule has 150 valence electrons. The van der Waals surface area contributed by atoms with Crippen LogP contribution in [-0.2, 0) is 6.54 Å². The van der Waals surface area contributed by atoms with E-state index < -0.39 is 5.60 Å². The predicted molar refractivity (Wildman–Crippen MR) is 115 cm³/mol. The minimum Gasteiger partial charge on any atom is -0.388 e. The van der Waals surface area contributed by atoms with Crippen LogP contribution in [0.4, 0.5) is 17.3 Å². The molecule has 7 nitrogen and oxygen atoms in total. The predicted octanol–water partition coefficient (Wildman–Crippen LogP) is 5.01. The molecule has 2 aromatic heterocycles. The van der Waals surface area contributed by atoms with Gasteiger partial charge in [-0.05, 0) is 48.7 Å². The summed E-state index contributed by atoms with van der Waals surface area (Å²) < 4.78 is 0. The van der Waals surface area contributed by atoms with Crippen molar-refractivity contribution in [3.63, 3.8) is 0 Å². The smallest absolute Gasteiger partial charge is 0.156 e. The van der Waals surface area contributed by atoms with Gasteiger partial charge in [-0.15, -0.1) is 0 Å². The monoisotopic (exact) mass is 390 g/mol. The normalized spacial score (nSPS) is 15.8. The van der Waals surface area contributed by atoms with Crippen LogP contribution in [0.1, 0.15) is 37.7 Å². The molecule has 0 amide bonds. The summed E-state index contributed by atoms with van der Waals surface area (Å²) in [6.07, 6.45) is 6.75. The highest BCUT2D eigenvalue weighted by Crippen LogP contribution is 2.29. The minimum absolute atomic E-state index is 0.481. The van der Waals surface area contributed by atoms with Gasteiger partial charge in [0, 0.05) is 24.7 Å². The van der Waals surface area contributed by atoms with Gasteiger partial charge >= 0.3 is 0 Å². The number of benzene rings is 1. The van der Waals surface area contributed by atoms with E-state index in [1.807, 2.05) is 24.3 Å². The SMILES string of the molecule is N=Nc1ccc(NCC2(O)CCCCC2)nc1NCc1ccc2ncccc2c1. The Kier molecular flexibility index (Phi) is 5.67. The molecule has 4 N–H and O–H groups in total. The molecule has 0 saturated heterocycles. The molecule has 2 heterocycles. The lowest BCUT2D eigenvalue weighted by Gasteiger charge is -2.32. The highest BCUT2D eigenvalue weighted by atomic mass is 16.3. The molecular formula is C22H26N6O. The zero-order valence-corrected chi connectivity index (χ0v) is 16.4. The third-order valence-corrected chi connectivity index (χ3v) is 5.50. The van der Waals surface area contributed by atoms with Gasteiger partial charge in [-0.3, -0.25) is 4.98 Å². The Balaban J connectivity index is 1.45. The van der Waals surface area contributed by atoms with Crippen LogP contribution in [0.2, 0.25) is 0 Å². The molecule has 0 spiro atoms. The second-order valence-corrected chi connectivity index (χ2v) is 7.70. The maximum absolute atomic E-state index is 10.7. The van der Waals surface area contributed by atoms with Crippen LogP contribution in [0.25, 0.3) is 10.9 Å². The fourth-order valence-electron chi connectivity index (χ4n) is 3.83. The van der Waals surface area contributed by atoms with Gasteiger partial charge in [0.25, 0.3) is 0 Å². The Hall–Kier alpha value is -3.06. The molecule has 1 aromatic carbocycles. The number of pyridine rings is 2. The van der Waals surface area contributed by atoms with Crippen molar-refractivity contribution in [2.45, 2.75) is 44.2 Å². The van der Waals surface area contributed by atoms with E-state index >= 15 is 0 Å². The van der Waals surface area contributed by atoms with E-state index in [-0.39, 0.29) is 0 Å². The van der Waals surface area contributed by atoms with E-state index in [0.717, 1.165) is 42.1 Å². The quantitative estimate of drug-likeness (QED) is 0.424.